The second-order valence-corrected chi connectivity index (χ2v) is 12.3. The summed E-state index contributed by atoms with van der Waals surface area (Å²) in [6.07, 6.45) is -7.51. The van der Waals surface area contributed by atoms with Crippen LogP contribution >= 0.6 is 0 Å². The summed E-state index contributed by atoms with van der Waals surface area (Å²) in [6, 6.07) is 22.1. The summed E-state index contributed by atoms with van der Waals surface area (Å²) in [5, 5.41) is 0.232. The number of hydrogen-bond donors (Lipinski definition) is 0. The fourth-order valence-electron chi connectivity index (χ4n) is 5.13. The first-order chi connectivity index (χ1) is 20.3. The van der Waals surface area contributed by atoms with Gasteiger partial charge in [0.2, 0.25) is 0 Å². The number of halogens is 6. The molecule has 1 heterocycles. The van der Waals surface area contributed by atoms with Crippen LogP contribution in [0.4, 0.5) is 26.3 Å². The molecule has 0 aliphatic heterocycles. The third-order valence-electron chi connectivity index (χ3n) is 7.07. The van der Waals surface area contributed by atoms with E-state index in [0.29, 0.717) is 29.2 Å². The van der Waals surface area contributed by atoms with E-state index in [9.17, 15) is 34.8 Å². The fraction of sp³-hybridized carbons (Fsp3) is 0.182. The molecule has 0 aliphatic rings. The van der Waals surface area contributed by atoms with Crippen molar-refractivity contribution < 1.29 is 34.8 Å². The molecule has 222 valence electrons. The Morgan fingerprint density at radius 3 is 2.09 bits per heavy atom. The molecular formula is C33H25F6NO2S. The average molecular weight is 614 g/mol. The van der Waals surface area contributed by atoms with Gasteiger partial charge >= 0.3 is 12.4 Å². The first-order valence-corrected chi connectivity index (χ1v) is 15.0. The van der Waals surface area contributed by atoms with E-state index in [1.54, 1.807) is 25.1 Å². The number of rotatable bonds is 7. The van der Waals surface area contributed by atoms with Crippen molar-refractivity contribution in [3.05, 3.63) is 119 Å². The Bertz CT molecular complexity index is 1900. The van der Waals surface area contributed by atoms with Gasteiger partial charge in [0.05, 0.1) is 27.3 Å². The first-order valence-electron chi connectivity index (χ1n) is 13.4. The van der Waals surface area contributed by atoms with Crippen LogP contribution in [-0.4, -0.2) is 19.2 Å². The number of aromatic nitrogens is 1. The monoisotopic (exact) mass is 613 g/mol. The third kappa shape index (κ3) is 6.44. The molecule has 0 atom stereocenters. The number of para-hydroxylation sites is 1. The molecule has 5 rings (SSSR count). The van der Waals surface area contributed by atoms with Gasteiger partial charge in [-0.15, -0.1) is 0 Å². The highest BCUT2D eigenvalue weighted by atomic mass is 32.2. The van der Waals surface area contributed by atoms with Gasteiger partial charge in [-0.1, -0.05) is 67.6 Å². The van der Waals surface area contributed by atoms with Crippen molar-refractivity contribution in [2.24, 2.45) is 0 Å². The molecule has 0 saturated carbocycles. The standard InChI is InChI=1S/C33H25F6NO2S/c1-2-14-43(41,42)27-18-24(17-26(19-27)32(34,35)36)22-10-6-11-23(16-22)30-25(15-21-8-4-3-5-9-21)20-40-31-28(30)12-7-13-29(31)33(37,38)39/h3-13,16-20H,2,14-15H2,1H3. The number of pyridine rings is 1. The Hall–Kier alpha value is -4.18. The smallest absolute Gasteiger partial charge is 0.255 e. The highest BCUT2D eigenvalue weighted by Gasteiger charge is 2.34. The summed E-state index contributed by atoms with van der Waals surface area (Å²) in [4.78, 5) is 3.75. The molecule has 0 bridgehead atoms. The quantitative estimate of drug-likeness (QED) is 0.172. The second-order valence-electron chi connectivity index (χ2n) is 10.2. The Morgan fingerprint density at radius 1 is 0.721 bits per heavy atom. The maximum atomic E-state index is 13.9. The van der Waals surface area contributed by atoms with Crippen LogP contribution in [0.5, 0.6) is 0 Å². The SMILES string of the molecule is CCCS(=O)(=O)c1cc(-c2cccc(-c3c(Cc4ccccc4)cnc4c(C(F)(F)F)cccc34)c2)cc(C(F)(F)F)c1. The maximum absolute atomic E-state index is 13.9. The van der Waals surface area contributed by atoms with Gasteiger partial charge in [-0.2, -0.15) is 26.3 Å². The summed E-state index contributed by atoms with van der Waals surface area (Å²) in [5.41, 5.74) is 0.431. The van der Waals surface area contributed by atoms with Gasteiger partial charge in [-0.3, -0.25) is 4.98 Å². The summed E-state index contributed by atoms with van der Waals surface area (Å²) in [7, 11) is -3.99. The molecule has 5 aromatic rings. The average Bonchev–Trinajstić information content (AvgIpc) is 2.96. The molecule has 3 nitrogen and oxygen atoms in total. The predicted octanol–water partition coefficient (Wildman–Crippen LogP) is 9.38. The lowest BCUT2D eigenvalue weighted by Gasteiger charge is -2.17. The molecule has 0 aliphatic carbocycles. The molecule has 1 aromatic heterocycles. The number of sulfone groups is 1. The molecule has 0 radical (unpaired) electrons. The highest BCUT2D eigenvalue weighted by molar-refractivity contribution is 7.91. The molecule has 0 fully saturated rings. The van der Waals surface area contributed by atoms with E-state index in [-0.39, 0.29) is 34.2 Å². The Labute approximate surface area is 244 Å². The molecule has 0 unspecified atom stereocenters. The van der Waals surface area contributed by atoms with Crippen LogP contribution in [0.25, 0.3) is 33.2 Å². The fourth-order valence-corrected chi connectivity index (χ4v) is 6.52. The van der Waals surface area contributed by atoms with Gasteiger partial charge in [0.15, 0.2) is 9.84 Å². The van der Waals surface area contributed by atoms with E-state index >= 15 is 0 Å². The minimum Gasteiger partial charge on any atom is -0.255 e. The number of benzene rings is 4. The van der Waals surface area contributed by atoms with E-state index in [1.165, 1.54) is 30.5 Å². The largest absolute Gasteiger partial charge is 0.418 e. The minimum atomic E-state index is -4.80. The minimum absolute atomic E-state index is 0.0188. The van der Waals surface area contributed by atoms with E-state index in [4.69, 9.17) is 0 Å². The van der Waals surface area contributed by atoms with Crippen molar-refractivity contribution in [2.75, 3.05) is 5.75 Å². The van der Waals surface area contributed by atoms with Crippen LogP contribution in [0.3, 0.4) is 0 Å². The topological polar surface area (TPSA) is 47.0 Å². The van der Waals surface area contributed by atoms with Crippen molar-refractivity contribution in [3.8, 4) is 22.3 Å². The normalized spacial score (nSPS) is 12.5. The second kappa shape index (κ2) is 11.5. The Kier molecular flexibility index (Phi) is 8.09. The lowest BCUT2D eigenvalue weighted by Crippen LogP contribution is -2.10. The summed E-state index contributed by atoms with van der Waals surface area (Å²) in [5.74, 6) is -0.318. The number of fused-ring (bicyclic) bond motifs is 1. The number of nitrogens with zero attached hydrogens (tertiary/aromatic N) is 1. The van der Waals surface area contributed by atoms with E-state index in [1.807, 2.05) is 30.3 Å². The zero-order valence-corrected chi connectivity index (χ0v) is 23.6. The van der Waals surface area contributed by atoms with Crippen LogP contribution in [0.15, 0.2) is 102 Å². The molecule has 0 spiro atoms. The van der Waals surface area contributed by atoms with Gasteiger partial charge in [0.1, 0.15) is 0 Å². The lowest BCUT2D eigenvalue weighted by atomic mass is 9.90. The van der Waals surface area contributed by atoms with E-state index in [0.717, 1.165) is 17.7 Å². The zero-order chi connectivity index (χ0) is 31.0. The van der Waals surface area contributed by atoms with Crippen LogP contribution in [0.2, 0.25) is 0 Å². The Balaban J connectivity index is 1.75. The summed E-state index contributed by atoms with van der Waals surface area (Å²) >= 11 is 0. The van der Waals surface area contributed by atoms with Crippen molar-refractivity contribution >= 4 is 20.7 Å². The van der Waals surface area contributed by atoms with Crippen LogP contribution in [-0.2, 0) is 28.6 Å². The van der Waals surface area contributed by atoms with E-state index in [2.05, 4.69) is 4.98 Å². The van der Waals surface area contributed by atoms with Gasteiger partial charge in [0, 0.05) is 11.6 Å². The van der Waals surface area contributed by atoms with E-state index < -0.39 is 38.2 Å². The van der Waals surface area contributed by atoms with Crippen LogP contribution < -0.4 is 0 Å². The molecule has 0 saturated heterocycles. The first kappa shape index (κ1) is 30.3. The van der Waals surface area contributed by atoms with Crippen molar-refractivity contribution in [1.29, 1.82) is 0 Å². The van der Waals surface area contributed by atoms with Gasteiger partial charge in [0.25, 0.3) is 0 Å². The molecule has 0 amide bonds. The van der Waals surface area contributed by atoms with Gasteiger partial charge < -0.3 is 0 Å². The summed E-state index contributed by atoms with van der Waals surface area (Å²) < 4.78 is 109. The van der Waals surface area contributed by atoms with Gasteiger partial charge in [-0.25, -0.2) is 8.42 Å². The molecule has 43 heavy (non-hydrogen) atoms. The van der Waals surface area contributed by atoms with Crippen molar-refractivity contribution in [2.45, 2.75) is 37.0 Å². The van der Waals surface area contributed by atoms with Crippen LogP contribution in [0.1, 0.15) is 35.6 Å². The lowest BCUT2D eigenvalue weighted by molar-refractivity contribution is -0.138. The van der Waals surface area contributed by atoms with Gasteiger partial charge in [-0.05, 0) is 76.6 Å². The predicted molar refractivity (Wildman–Crippen MR) is 154 cm³/mol. The molecule has 10 heteroatoms. The Morgan fingerprint density at radius 2 is 1.42 bits per heavy atom. The summed E-state index contributed by atoms with van der Waals surface area (Å²) in [6.45, 7) is 1.62. The number of alkyl halides is 6. The highest BCUT2D eigenvalue weighted by Crippen LogP contribution is 2.41. The maximum Gasteiger partial charge on any atom is 0.418 e. The molecule has 0 N–H and O–H groups in total. The number of hydrogen-bond acceptors (Lipinski definition) is 3. The van der Waals surface area contributed by atoms with Crippen molar-refractivity contribution in [1.82, 2.24) is 4.98 Å². The molecule has 4 aromatic carbocycles. The van der Waals surface area contributed by atoms with Crippen LogP contribution in [0, 0.1) is 0 Å². The van der Waals surface area contributed by atoms with Crippen molar-refractivity contribution in [3.63, 3.8) is 0 Å². The third-order valence-corrected chi connectivity index (χ3v) is 8.97. The molecular weight excluding hydrogens is 588 g/mol. The zero-order valence-electron chi connectivity index (χ0n) is 22.8.